The number of nitrogen functional groups attached to an aromatic ring is 1. The lowest BCUT2D eigenvalue weighted by Gasteiger charge is -2.14. The summed E-state index contributed by atoms with van der Waals surface area (Å²) in [6, 6.07) is 7.12. The van der Waals surface area contributed by atoms with Crippen molar-refractivity contribution in [2.45, 2.75) is 13.5 Å². The summed E-state index contributed by atoms with van der Waals surface area (Å²) in [6.07, 6.45) is 3.43. The molecular weight excluding hydrogens is 332 g/mol. The Morgan fingerprint density at radius 1 is 1.25 bits per heavy atom. The van der Waals surface area contributed by atoms with Gasteiger partial charge in [0.2, 0.25) is 5.89 Å². The highest BCUT2D eigenvalue weighted by atomic mass is 35.5. The largest absolute Gasteiger partial charge is 0.490 e. The molecule has 0 unspecified atom stereocenters. The fourth-order valence-corrected chi connectivity index (χ4v) is 2.35. The molecule has 0 aliphatic rings. The zero-order valence-corrected chi connectivity index (χ0v) is 13.7. The summed E-state index contributed by atoms with van der Waals surface area (Å²) in [7, 11) is 0. The summed E-state index contributed by atoms with van der Waals surface area (Å²) in [5.74, 6) is 1.19. The average molecular weight is 347 g/mol. The molecule has 0 aliphatic heterocycles. The fourth-order valence-electron chi connectivity index (χ4n) is 2.08. The molecule has 2 heterocycles. The number of nitrogens with two attached hydrogens (primary N) is 1. The lowest BCUT2D eigenvalue weighted by Crippen LogP contribution is -2.01. The van der Waals surface area contributed by atoms with E-state index in [-0.39, 0.29) is 11.9 Å². The Balaban J connectivity index is 1.90. The number of anilines is 1. The van der Waals surface area contributed by atoms with Gasteiger partial charge in [-0.3, -0.25) is 4.98 Å². The summed E-state index contributed by atoms with van der Waals surface area (Å²) in [4.78, 5) is 4.05. The molecule has 0 fully saturated rings. The van der Waals surface area contributed by atoms with E-state index in [0.717, 1.165) is 5.56 Å². The van der Waals surface area contributed by atoms with Crippen LogP contribution in [0.3, 0.4) is 0 Å². The second-order valence-corrected chi connectivity index (χ2v) is 5.22. The van der Waals surface area contributed by atoms with Gasteiger partial charge >= 0.3 is 6.01 Å². The van der Waals surface area contributed by atoms with Gasteiger partial charge in [-0.05, 0) is 25.1 Å². The van der Waals surface area contributed by atoms with E-state index in [1.165, 1.54) is 0 Å². The smallest absolute Gasteiger partial charge is 0.313 e. The molecule has 8 heteroatoms. The van der Waals surface area contributed by atoms with Gasteiger partial charge in [0.15, 0.2) is 11.5 Å². The number of aromatic nitrogens is 3. The second kappa shape index (κ2) is 7.18. The van der Waals surface area contributed by atoms with Crippen molar-refractivity contribution in [3.05, 3.63) is 47.2 Å². The fraction of sp³-hybridized carbons (Fsp3) is 0.188. The normalized spacial score (nSPS) is 10.6. The third-order valence-corrected chi connectivity index (χ3v) is 3.38. The number of ether oxygens (including phenoxy) is 2. The summed E-state index contributed by atoms with van der Waals surface area (Å²) < 4.78 is 16.7. The van der Waals surface area contributed by atoms with Crippen LogP contribution in [0.5, 0.6) is 11.5 Å². The van der Waals surface area contributed by atoms with E-state index in [0.29, 0.717) is 35.3 Å². The number of benzene rings is 1. The lowest BCUT2D eigenvalue weighted by molar-refractivity contribution is 0.269. The van der Waals surface area contributed by atoms with Crippen LogP contribution in [0.25, 0.3) is 11.5 Å². The molecule has 0 amide bonds. The predicted octanol–water partition coefficient (Wildman–Crippen LogP) is 3.34. The standard InChI is InChI=1S/C16H15ClN4O3/c1-2-22-13-7-11(15-20-21-16(18)24-15)6-12(17)14(13)23-9-10-4-3-5-19-8-10/h3-8H,2,9H2,1H3,(H2,18,21). The van der Waals surface area contributed by atoms with Crippen molar-refractivity contribution in [2.24, 2.45) is 0 Å². The van der Waals surface area contributed by atoms with Crippen molar-refractivity contribution in [2.75, 3.05) is 12.3 Å². The minimum absolute atomic E-state index is 0.0176. The minimum Gasteiger partial charge on any atom is -0.490 e. The van der Waals surface area contributed by atoms with Crippen LogP contribution in [0.15, 0.2) is 41.1 Å². The molecule has 0 saturated heterocycles. The Morgan fingerprint density at radius 3 is 2.79 bits per heavy atom. The van der Waals surface area contributed by atoms with Gasteiger partial charge in [0.1, 0.15) is 6.61 Å². The van der Waals surface area contributed by atoms with Gasteiger partial charge in [0.05, 0.1) is 11.6 Å². The molecule has 24 heavy (non-hydrogen) atoms. The van der Waals surface area contributed by atoms with Crippen molar-refractivity contribution >= 4 is 17.6 Å². The molecular formula is C16H15ClN4O3. The van der Waals surface area contributed by atoms with Gasteiger partial charge in [-0.25, -0.2) is 0 Å². The monoisotopic (exact) mass is 346 g/mol. The molecule has 0 atom stereocenters. The molecule has 2 N–H and O–H groups in total. The summed E-state index contributed by atoms with van der Waals surface area (Å²) in [5, 5.41) is 7.85. The maximum atomic E-state index is 6.35. The Kier molecular flexibility index (Phi) is 4.81. The predicted molar refractivity (Wildman–Crippen MR) is 88.9 cm³/mol. The number of halogens is 1. The van der Waals surface area contributed by atoms with E-state index in [1.807, 2.05) is 19.1 Å². The number of pyridine rings is 1. The summed E-state index contributed by atoms with van der Waals surface area (Å²) in [5.41, 5.74) is 6.98. The first-order valence-corrected chi connectivity index (χ1v) is 7.62. The van der Waals surface area contributed by atoms with E-state index in [9.17, 15) is 0 Å². The van der Waals surface area contributed by atoms with Gasteiger partial charge in [-0.1, -0.05) is 22.8 Å². The number of hydrogen-bond donors (Lipinski definition) is 1. The zero-order chi connectivity index (χ0) is 16.9. The lowest BCUT2D eigenvalue weighted by atomic mass is 10.2. The van der Waals surface area contributed by atoms with Crippen LogP contribution in [0.2, 0.25) is 5.02 Å². The molecule has 0 radical (unpaired) electrons. The molecule has 0 spiro atoms. The summed E-state index contributed by atoms with van der Waals surface area (Å²) >= 11 is 6.35. The Labute approximate surface area is 143 Å². The van der Waals surface area contributed by atoms with Gasteiger partial charge in [-0.15, -0.1) is 5.10 Å². The molecule has 7 nitrogen and oxygen atoms in total. The van der Waals surface area contributed by atoms with Crippen LogP contribution >= 0.6 is 11.6 Å². The molecule has 2 aromatic heterocycles. The SMILES string of the molecule is CCOc1cc(-c2nnc(N)o2)cc(Cl)c1OCc1cccnc1. The highest BCUT2D eigenvalue weighted by Crippen LogP contribution is 2.40. The van der Waals surface area contributed by atoms with Gasteiger partial charge in [-0.2, -0.15) is 0 Å². The van der Waals surface area contributed by atoms with Crippen LogP contribution in [-0.2, 0) is 6.61 Å². The minimum atomic E-state index is -0.0176. The van der Waals surface area contributed by atoms with Crippen molar-refractivity contribution in [1.82, 2.24) is 15.2 Å². The van der Waals surface area contributed by atoms with Crippen LogP contribution in [0.4, 0.5) is 6.01 Å². The van der Waals surface area contributed by atoms with Crippen molar-refractivity contribution in [3.63, 3.8) is 0 Å². The van der Waals surface area contributed by atoms with E-state index >= 15 is 0 Å². The molecule has 3 rings (SSSR count). The van der Waals surface area contributed by atoms with Gasteiger partial charge < -0.3 is 19.6 Å². The second-order valence-electron chi connectivity index (χ2n) is 4.81. The molecule has 124 valence electrons. The Bertz CT molecular complexity index is 823. The van der Waals surface area contributed by atoms with E-state index in [1.54, 1.807) is 24.5 Å². The number of nitrogens with zero attached hydrogens (tertiary/aromatic N) is 3. The highest BCUT2D eigenvalue weighted by molar-refractivity contribution is 6.32. The van der Waals surface area contributed by atoms with Crippen LogP contribution in [-0.4, -0.2) is 21.8 Å². The van der Waals surface area contributed by atoms with E-state index < -0.39 is 0 Å². The van der Waals surface area contributed by atoms with E-state index in [4.69, 9.17) is 31.2 Å². The first kappa shape index (κ1) is 16.1. The maximum Gasteiger partial charge on any atom is 0.313 e. The molecule has 0 bridgehead atoms. The third-order valence-electron chi connectivity index (χ3n) is 3.10. The van der Waals surface area contributed by atoms with Gasteiger partial charge in [0.25, 0.3) is 0 Å². The quantitative estimate of drug-likeness (QED) is 0.731. The first-order chi connectivity index (χ1) is 11.7. The van der Waals surface area contributed by atoms with Crippen molar-refractivity contribution < 1.29 is 13.9 Å². The molecule has 1 aromatic carbocycles. The molecule has 0 aliphatic carbocycles. The highest BCUT2D eigenvalue weighted by Gasteiger charge is 2.16. The van der Waals surface area contributed by atoms with Gasteiger partial charge in [0, 0.05) is 23.5 Å². The molecule has 3 aromatic rings. The average Bonchev–Trinajstić information content (AvgIpc) is 3.02. The number of hydrogen-bond acceptors (Lipinski definition) is 7. The first-order valence-electron chi connectivity index (χ1n) is 7.24. The number of rotatable bonds is 6. The third kappa shape index (κ3) is 3.57. The zero-order valence-electron chi connectivity index (χ0n) is 12.9. The Morgan fingerprint density at radius 2 is 2.12 bits per heavy atom. The Hall–Kier alpha value is -2.80. The van der Waals surface area contributed by atoms with Crippen molar-refractivity contribution in [1.29, 1.82) is 0 Å². The van der Waals surface area contributed by atoms with Crippen LogP contribution in [0, 0.1) is 0 Å². The summed E-state index contributed by atoms with van der Waals surface area (Å²) in [6.45, 7) is 2.64. The molecule has 0 saturated carbocycles. The van der Waals surface area contributed by atoms with E-state index in [2.05, 4.69) is 15.2 Å². The maximum absolute atomic E-state index is 6.35. The topological polar surface area (TPSA) is 96.3 Å². The van der Waals surface area contributed by atoms with Crippen LogP contribution < -0.4 is 15.2 Å². The van der Waals surface area contributed by atoms with Crippen LogP contribution in [0.1, 0.15) is 12.5 Å². The van der Waals surface area contributed by atoms with Crippen molar-refractivity contribution in [3.8, 4) is 23.0 Å².